The smallest absolute Gasteiger partial charge is 0.239 e. The van der Waals surface area contributed by atoms with Crippen LogP contribution in [-0.2, 0) is 14.2 Å². The molecule has 52 heavy (non-hydrogen) atoms. The van der Waals surface area contributed by atoms with E-state index < -0.39 is 91.6 Å². The van der Waals surface area contributed by atoms with Crippen LogP contribution in [0.4, 0.5) is 0 Å². The lowest BCUT2D eigenvalue weighted by Crippen LogP contribution is -2.61. The van der Waals surface area contributed by atoms with E-state index in [0.717, 1.165) is 6.07 Å². The van der Waals surface area contributed by atoms with Crippen LogP contribution in [0, 0.1) is 0 Å². The Labute approximate surface area is 294 Å². The predicted molar refractivity (Wildman–Crippen MR) is 173 cm³/mol. The molecule has 2 fully saturated rings. The highest BCUT2D eigenvalue weighted by Crippen LogP contribution is 2.40. The van der Waals surface area contributed by atoms with Crippen LogP contribution in [0.5, 0.6) is 28.7 Å². The number of aliphatic hydroxyl groups is 9. The van der Waals surface area contributed by atoms with Gasteiger partial charge in [0.25, 0.3) is 0 Å². The van der Waals surface area contributed by atoms with Gasteiger partial charge < -0.3 is 88.6 Å². The average molecular weight is 743 g/mol. The van der Waals surface area contributed by atoms with E-state index in [1.165, 1.54) is 31.2 Å². The molecule has 10 atom stereocenters. The van der Waals surface area contributed by atoms with Gasteiger partial charge in [0.15, 0.2) is 23.5 Å². The highest BCUT2D eigenvalue weighted by molar-refractivity contribution is 5.89. The molecule has 0 saturated carbocycles. The number of aromatic hydroxyl groups is 1. The molecule has 0 radical (unpaired) electrons. The Hall–Kier alpha value is -3.83. The minimum Gasteiger partial charge on any atom is -0.504 e. The van der Waals surface area contributed by atoms with Gasteiger partial charge in [-0.1, -0.05) is 0 Å². The zero-order valence-corrected chi connectivity index (χ0v) is 27.8. The Morgan fingerprint density at radius 2 is 1.35 bits per heavy atom. The summed E-state index contributed by atoms with van der Waals surface area (Å²) < 4.78 is 45.1. The first-order valence-electron chi connectivity index (χ1n) is 16.3. The topological polar surface area (TPSA) is 297 Å². The predicted octanol–water partition coefficient (Wildman–Crippen LogP) is -2.69. The summed E-state index contributed by atoms with van der Waals surface area (Å²) in [5, 5.41) is 101. The fraction of sp³-hybridized carbons (Fsp3) is 0.545. The Morgan fingerprint density at radius 3 is 2.02 bits per heavy atom. The van der Waals surface area contributed by atoms with Crippen molar-refractivity contribution in [1.82, 2.24) is 0 Å². The van der Waals surface area contributed by atoms with Crippen molar-refractivity contribution in [3.8, 4) is 40.1 Å². The number of phenolic OH excluding ortho intramolecular Hbond substituents is 1. The van der Waals surface area contributed by atoms with E-state index in [1.807, 2.05) is 0 Å². The molecule has 1 aromatic heterocycles. The van der Waals surface area contributed by atoms with Gasteiger partial charge >= 0.3 is 0 Å². The van der Waals surface area contributed by atoms with Crippen LogP contribution in [0.15, 0.2) is 39.5 Å². The molecule has 2 aliphatic heterocycles. The highest BCUT2D eigenvalue weighted by Gasteiger charge is 2.48. The molecule has 0 bridgehead atoms. The second-order valence-corrected chi connectivity index (χ2v) is 11.9. The number of fused-ring (bicyclic) bond motifs is 1. The van der Waals surface area contributed by atoms with Gasteiger partial charge in [0.1, 0.15) is 85.0 Å². The monoisotopic (exact) mass is 742 g/mol. The summed E-state index contributed by atoms with van der Waals surface area (Å²) in [4.78, 5) is 14.3. The summed E-state index contributed by atoms with van der Waals surface area (Å²) in [5.41, 5.74) is -1.01. The Morgan fingerprint density at radius 1 is 0.712 bits per heavy atom. The highest BCUT2D eigenvalue weighted by atomic mass is 16.7. The number of rotatable bonds is 15. The van der Waals surface area contributed by atoms with E-state index in [-0.39, 0.29) is 72.6 Å². The number of hydrogen-bond acceptors (Lipinski definition) is 19. The molecular formula is C33H42O19. The van der Waals surface area contributed by atoms with Crippen LogP contribution in [0.2, 0.25) is 0 Å². The minimum atomic E-state index is -1.98. The number of benzene rings is 2. The summed E-state index contributed by atoms with van der Waals surface area (Å²) in [6.07, 6.45) is -16.3. The largest absolute Gasteiger partial charge is 0.504 e. The summed E-state index contributed by atoms with van der Waals surface area (Å²) in [6.45, 7) is -0.826. The summed E-state index contributed by atoms with van der Waals surface area (Å²) in [7, 11) is 0. The van der Waals surface area contributed by atoms with Crippen molar-refractivity contribution in [2.45, 2.75) is 68.3 Å². The van der Waals surface area contributed by atoms with Crippen LogP contribution in [0.25, 0.3) is 22.3 Å². The second kappa shape index (κ2) is 17.3. The molecule has 2 aromatic carbocycles. The molecule has 5 rings (SSSR count). The summed E-state index contributed by atoms with van der Waals surface area (Å²) in [6, 6.07) is 6.50. The van der Waals surface area contributed by atoms with Gasteiger partial charge in [-0.25, -0.2) is 0 Å². The van der Waals surface area contributed by atoms with Gasteiger partial charge in [-0.15, -0.1) is 0 Å². The summed E-state index contributed by atoms with van der Waals surface area (Å²) >= 11 is 0. The van der Waals surface area contributed by atoms with Crippen molar-refractivity contribution in [2.24, 2.45) is 0 Å². The molecule has 19 heteroatoms. The van der Waals surface area contributed by atoms with Crippen LogP contribution < -0.4 is 24.4 Å². The van der Waals surface area contributed by atoms with Crippen molar-refractivity contribution in [3.05, 3.63) is 40.6 Å². The molecular weight excluding hydrogens is 700 g/mol. The molecule has 3 aromatic rings. The lowest BCUT2D eigenvalue weighted by atomic mass is 9.98. The van der Waals surface area contributed by atoms with Crippen LogP contribution in [0.1, 0.15) is 6.92 Å². The number of hydrogen-bond donors (Lipinski definition) is 10. The molecule has 19 nitrogen and oxygen atoms in total. The number of ether oxygens (including phenoxy) is 7. The molecule has 2 aliphatic rings. The lowest BCUT2D eigenvalue weighted by molar-refractivity contribution is -0.318. The van der Waals surface area contributed by atoms with Crippen LogP contribution in [-0.4, -0.2) is 159 Å². The third-order valence-electron chi connectivity index (χ3n) is 8.31. The van der Waals surface area contributed by atoms with Crippen molar-refractivity contribution >= 4 is 11.0 Å². The van der Waals surface area contributed by atoms with Crippen molar-refractivity contribution < 1.29 is 88.6 Å². The van der Waals surface area contributed by atoms with Gasteiger partial charge in [-0.3, -0.25) is 4.79 Å². The first-order chi connectivity index (χ1) is 24.9. The van der Waals surface area contributed by atoms with Crippen LogP contribution >= 0.6 is 0 Å². The first kappa shape index (κ1) is 39.4. The molecule has 3 heterocycles. The molecule has 0 aliphatic carbocycles. The second-order valence-electron chi connectivity index (χ2n) is 11.9. The van der Waals surface area contributed by atoms with E-state index in [2.05, 4.69) is 0 Å². The maximum atomic E-state index is 14.3. The summed E-state index contributed by atoms with van der Waals surface area (Å²) in [5.74, 6) is -1.41. The molecule has 288 valence electrons. The molecule has 0 spiro atoms. The van der Waals surface area contributed by atoms with Crippen molar-refractivity contribution in [1.29, 1.82) is 0 Å². The minimum absolute atomic E-state index is 0.0164. The molecule has 0 amide bonds. The quantitative estimate of drug-likeness (QED) is 0.0758. The Bertz CT molecular complexity index is 1700. The average Bonchev–Trinajstić information content (AvgIpc) is 3.13. The van der Waals surface area contributed by atoms with E-state index in [1.54, 1.807) is 0 Å². The van der Waals surface area contributed by atoms with E-state index >= 15 is 0 Å². The van der Waals surface area contributed by atoms with Gasteiger partial charge in [0.05, 0.1) is 32.5 Å². The first-order valence-corrected chi connectivity index (χ1v) is 16.3. The lowest BCUT2D eigenvalue weighted by Gasteiger charge is -2.42. The fourth-order valence-electron chi connectivity index (χ4n) is 5.60. The van der Waals surface area contributed by atoms with E-state index in [4.69, 9.17) is 42.7 Å². The Balaban J connectivity index is 1.55. The van der Waals surface area contributed by atoms with Crippen molar-refractivity contribution in [3.63, 3.8) is 0 Å². The van der Waals surface area contributed by atoms with Crippen LogP contribution in [0.3, 0.4) is 0 Å². The maximum absolute atomic E-state index is 14.3. The zero-order valence-electron chi connectivity index (χ0n) is 27.8. The fourth-order valence-corrected chi connectivity index (χ4v) is 5.60. The number of aliphatic hydroxyl groups excluding tert-OH is 9. The number of phenols is 1. The molecule has 2 saturated heterocycles. The van der Waals surface area contributed by atoms with Gasteiger partial charge in [0, 0.05) is 17.7 Å². The SMILES string of the molecule is CC1OC(OCC2OC(Oc3c(-c4ccc(OCCO)c(O)c4)oc4cc(OCCO)cc(OCCO)c4c3=O)C(O)C(O)C2O)C(O)C(O)C1O. The van der Waals surface area contributed by atoms with Gasteiger partial charge in [-0.2, -0.15) is 0 Å². The van der Waals surface area contributed by atoms with E-state index in [0.29, 0.717) is 0 Å². The maximum Gasteiger partial charge on any atom is 0.239 e. The third-order valence-corrected chi connectivity index (χ3v) is 8.31. The normalized spacial score (nSPS) is 29.2. The molecule has 10 N–H and O–H groups in total. The zero-order chi connectivity index (χ0) is 37.7. The molecule has 10 unspecified atom stereocenters. The third kappa shape index (κ3) is 8.36. The van der Waals surface area contributed by atoms with Gasteiger partial charge in [-0.05, 0) is 25.1 Å². The van der Waals surface area contributed by atoms with Crippen molar-refractivity contribution in [2.75, 3.05) is 46.2 Å². The van der Waals surface area contributed by atoms with Gasteiger partial charge in [0.2, 0.25) is 17.5 Å². The Kier molecular flexibility index (Phi) is 13.1. The van der Waals surface area contributed by atoms with E-state index in [9.17, 15) is 50.8 Å². The standard InChI is InChI=1S/C33H42O19/c1-14-23(38)26(41)28(43)32(49-14)48-13-21-24(39)27(42)29(44)33(51-21)52-31-25(40)22-19(47-9-6-36)11-16(45-7-4-34)12-20(22)50-30(31)15-2-3-18(17(37)10-15)46-8-5-35/h2-3,10-12,14,21,23-24,26-29,32-39,41-44H,4-9,13H2,1H3.